The van der Waals surface area contributed by atoms with Crippen molar-refractivity contribution < 1.29 is 28.6 Å². The summed E-state index contributed by atoms with van der Waals surface area (Å²) in [6.07, 6.45) is 88.6. The highest BCUT2D eigenvalue weighted by Crippen LogP contribution is 2.13. The molecule has 0 radical (unpaired) electrons. The zero-order chi connectivity index (χ0) is 54.3. The molecular formula is C69H110O6. The third-order valence-corrected chi connectivity index (χ3v) is 12.3. The number of carbonyl (C=O) groups excluding carboxylic acids is 3. The van der Waals surface area contributed by atoms with Gasteiger partial charge in [-0.05, 0) is 128 Å². The fourth-order valence-electron chi connectivity index (χ4n) is 7.73. The van der Waals surface area contributed by atoms with Crippen LogP contribution >= 0.6 is 0 Å². The molecule has 422 valence electrons. The third kappa shape index (κ3) is 60.0. The van der Waals surface area contributed by atoms with Crippen molar-refractivity contribution in [3.05, 3.63) is 146 Å². The van der Waals surface area contributed by atoms with E-state index in [0.717, 1.165) is 77.0 Å². The lowest BCUT2D eigenvalue weighted by atomic mass is 10.1. The molecular weight excluding hydrogens is 925 g/mol. The molecule has 0 unspecified atom stereocenters. The average Bonchev–Trinajstić information content (AvgIpc) is 3.41. The first-order chi connectivity index (χ1) is 37.0. The largest absolute Gasteiger partial charge is 0.462 e. The standard InChI is InChI=1S/C69H110O6/c1-4-7-10-13-16-19-22-25-28-31-34-37-40-43-46-49-52-55-58-61-67(70)73-64-66(75-69(72)63-60-57-54-51-48-45-42-39-36-33-30-27-24-21-18-15-12-9-6-3)65-74-68(71)62-59-56-53-50-47-44-41-38-35-32-29-26-23-20-17-14-11-8-5-2/h16-21,25-30,34-35,37-38,43-44,46-47,52-53,55-56,66H,4-15,22-24,31-33,36,39-42,45,48-51,54,57-65H2,1-3H3/b19-16-,20-17-,21-18-,28-25-,29-26-,30-27-,37-34-,38-35-,46-43-,47-44-,55-52-,56-53-. The van der Waals surface area contributed by atoms with Gasteiger partial charge in [-0.15, -0.1) is 0 Å². The number of allylic oxidation sites excluding steroid dienone is 24. The summed E-state index contributed by atoms with van der Waals surface area (Å²) in [6.45, 7) is 6.42. The Morgan fingerprint density at radius 2 is 0.507 bits per heavy atom. The van der Waals surface area contributed by atoms with Gasteiger partial charge in [0.05, 0.1) is 0 Å². The molecule has 0 amide bonds. The molecule has 0 saturated heterocycles. The van der Waals surface area contributed by atoms with E-state index in [1.165, 1.54) is 122 Å². The van der Waals surface area contributed by atoms with Crippen LogP contribution < -0.4 is 0 Å². The Morgan fingerprint density at radius 1 is 0.267 bits per heavy atom. The number of rotatable bonds is 53. The van der Waals surface area contributed by atoms with E-state index in [9.17, 15) is 14.4 Å². The predicted molar refractivity (Wildman–Crippen MR) is 325 cm³/mol. The van der Waals surface area contributed by atoms with Gasteiger partial charge in [0, 0.05) is 19.3 Å². The van der Waals surface area contributed by atoms with Gasteiger partial charge in [-0.2, -0.15) is 0 Å². The third-order valence-electron chi connectivity index (χ3n) is 12.3. The molecule has 0 fully saturated rings. The van der Waals surface area contributed by atoms with Gasteiger partial charge in [0.15, 0.2) is 6.10 Å². The Labute approximate surface area is 461 Å². The van der Waals surface area contributed by atoms with Gasteiger partial charge in [0.25, 0.3) is 0 Å². The van der Waals surface area contributed by atoms with Crippen molar-refractivity contribution in [3.8, 4) is 0 Å². The van der Waals surface area contributed by atoms with E-state index in [1.807, 2.05) is 24.3 Å². The van der Waals surface area contributed by atoms with Crippen LogP contribution in [0.2, 0.25) is 0 Å². The summed E-state index contributed by atoms with van der Waals surface area (Å²) in [4.78, 5) is 38.2. The van der Waals surface area contributed by atoms with Crippen molar-refractivity contribution >= 4 is 17.9 Å². The minimum Gasteiger partial charge on any atom is -0.462 e. The number of esters is 3. The highest BCUT2D eigenvalue weighted by atomic mass is 16.6. The molecule has 0 rings (SSSR count). The minimum atomic E-state index is -0.848. The van der Waals surface area contributed by atoms with Gasteiger partial charge in [0.2, 0.25) is 0 Å². The highest BCUT2D eigenvalue weighted by molar-refractivity contribution is 5.71. The molecule has 0 aliphatic carbocycles. The van der Waals surface area contributed by atoms with Crippen molar-refractivity contribution in [2.24, 2.45) is 0 Å². The lowest BCUT2D eigenvalue weighted by Crippen LogP contribution is -2.30. The molecule has 0 aliphatic rings. The van der Waals surface area contributed by atoms with Gasteiger partial charge in [0.1, 0.15) is 13.2 Å². The monoisotopic (exact) mass is 1030 g/mol. The average molecular weight is 1040 g/mol. The molecule has 0 N–H and O–H groups in total. The molecule has 0 heterocycles. The van der Waals surface area contributed by atoms with Crippen LogP contribution in [0.5, 0.6) is 0 Å². The van der Waals surface area contributed by atoms with Crippen LogP contribution in [0.15, 0.2) is 146 Å². The molecule has 0 spiro atoms. The van der Waals surface area contributed by atoms with E-state index in [2.05, 4.69) is 142 Å². The Morgan fingerprint density at radius 3 is 0.800 bits per heavy atom. The van der Waals surface area contributed by atoms with Crippen LogP contribution in [0, 0.1) is 0 Å². The van der Waals surface area contributed by atoms with E-state index in [-0.39, 0.29) is 50.4 Å². The molecule has 0 bridgehead atoms. The Bertz CT molecular complexity index is 1570. The van der Waals surface area contributed by atoms with Gasteiger partial charge in [-0.25, -0.2) is 0 Å². The van der Waals surface area contributed by atoms with Crippen LogP contribution in [0.25, 0.3) is 0 Å². The number of ether oxygens (including phenoxy) is 3. The van der Waals surface area contributed by atoms with Crippen LogP contribution in [0.1, 0.15) is 252 Å². The summed E-state index contributed by atoms with van der Waals surface area (Å²) in [5.74, 6) is -1.11. The maximum Gasteiger partial charge on any atom is 0.306 e. The van der Waals surface area contributed by atoms with Crippen LogP contribution in [0.3, 0.4) is 0 Å². The summed E-state index contributed by atoms with van der Waals surface area (Å²) < 4.78 is 16.7. The fourth-order valence-corrected chi connectivity index (χ4v) is 7.73. The van der Waals surface area contributed by atoms with E-state index < -0.39 is 6.10 Å². The molecule has 0 aromatic carbocycles. The van der Waals surface area contributed by atoms with E-state index >= 15 is 0 Å². The van der Waals surface area contributed by atoms with Crippen molar-refractivity contribution in [1.82, 2.24) is 0 Å². The number of unbranched alkanes of at least 4 members (excludes halogenated alkanes) is 18. The highest BCUT2D eigenvalue weighted by Gasteiger charge is 2.19. The Balaban J connectivity index is 4.63. The topological polar surface area (TPSA) is 78.9 Å². The van der Waals surface area contributed by atoms with Crippen molar-refractivity contribution in [2.75, 3.05) is 13.2 Å². The summed E-state index contributed by atoms with van der Waals surface area (Å²) >= 11 is 0. The minimum absolute atomic E-state index is 0.147. The SMILES string of the molecule is CCCCC/C=C\C/C=C\C/C=C\C/C=C\C/C=C\CCC(=O)OCC(COC(=O)CC/C=C\C/C=C\C/C=C\C/C=C\C/C=C\CCCCC)OC(=O)CCCCCCCCCCC/C=C\C/C=C\CCCCC. The second kappa shape index (κ2) is 61.8. The zero-order valence-corrected chi connectivity index (χ0v) is 48.3. The summed E-state index contributed by atoms with van der Waals surface area (Å²) in [5.41, 5.74) is 0. The summed E-state index contributed by atoms with van der Waals surface area (Å²) in [5, 5.41) is 0. The predicted octanol–water partition coefficient (Wildman–Crippen LogP) is 20.8. The van der Waals surface area contributed by atoms with Gasteiger partial charge in [-0.3, -0.25) is 14.4 Å². The summed E-state index contributed by atoms with van der Waals surface area (Å²) in [7, 11) is 0. The molecule has 0 aromatic rings. The Kier molecular flexibility index (Phi) is 58.0. The second-order valence-electron chi connectivity index (χ2n) is 19.5. The fraction of sp³-hybridized carbons (Fsp3) is 0.609. The number of hydrogen-bond donors (Lipinski definition) is 0. The van der Waals surface area contributed by atoms with E-state index in [1.54, 1.807) is 0 Å². The number of hydrogen-bond acceptors (Lipinski definition) is 6. The molecule has 0 aromatic heterocycles. The lowest BCUT2D eigenvalue weighted by Gasteiger charge is -2.18. The summed E-state index contributed by atoms with van der Waals surface area (Å²) in [6, 6.07) is 0. The first-order valence-electron chi connectivity index (χ1n) is 30.3. The maximum atomic E-state index is 12.9. The van der Waals surface area contributed by atoms with Crippen LogP contribution in [-0.2, 0) is 28.6 Å². The first kappa shape index (κ1) is 70.3. The quantitative estimate of drug-likeness (QED) is 0.0261. The first-order valence-corrected chi connectivity index (χ1v) is 30.3. The Hall–Kier alpha value is -4.71. The molecule has 6 nitrogen and oxygen atoms in total. The van der Waals surface area contributed by atoms with Crippen LogP contribution in [0.4, 0.5) is 0 Å². The van der Waals surface area contributed by atoms with Gasteiger partial charge >= 0.3 is 17.9 Å². The molecule has 75 heavy (non-hydrogen) atoms. The van der Waals surface area contributed by atoms with Crippen molar-refractivity contribution in [2.45, 2.75) is 258 Å². The van der Waals surface area contributed by atoms with Gasteiger partial charge in [-0.1, -0.05) is 250 Å². The molecule has 0 aliphatic heterocycles. The second-order valence-corrected chi connectivity index (χ2v) is 19.5. The molecule has 0 saturated carbocycles. The molecule has 0 atom stereocenters. The van der Waals surface area contributed by atoms with Crippen molar-refractivity contribution in [3.63, 3.8) is 0 Å². The lowest BCUT2D eigenvalue weighted by molar-refractivity contribution is -0.166. The zero-order valence-electron chi connectivity index (χ0n) is 48.3. The maximum absolute atomic E-state index is 12.9. The van der Waals surface area contributed by atoms with Crippen LogP contribution in [-0.4, -0.2) is 37.2 Å². The normalized spacial score (nSPS) is 12.8. The smallest absolute Gasteiger partial charge is 0.306 e. The van der Waals surface area contributed by atoms with E-state index in [4.69, 9.17) is 14.2 Å². The van der Waals surface area contributed by atoms with Crippen molar-refractivity contribution in [1.29, 1.82) is 0 Å². The molecule has 6 heteroatoms. The van der Waals surface area contributed by atoms with Gasteiger partial charge < -0.3 is 14.2 Å². The van der Waals surface area contributed by atoms with E-state index in [0.29, 0.717) is 12.8 Å². The number of carbonyl (C=O) groups is 3.